The predicted molar refractivity (Wildman–Crippen MR) is 82.8 cm³/mol. The Labute approximate surface area is 123 Å². The van der Waals surface area contributed by atoms with Gasteiger partial charge in [-0.3, -0.25) is 0 Å². The van der Waals surface area contributed by atoms with Crippen molar-refractivity contribution in [1.29, 1.82) is 0 Å². The molecule has 0 unspecified atom stereocenters. The van der Waals surface area contributed by atoms with Gasteiger partial charge in [0.2, 0.25) is 0 Å². The first-order valence-corrected chi connectivity index (χ1v) is 7.03. The third-order valence-corrected chi connectivity index (χ3v) is 3.90. The molecule has 1 aromatic carbocycles. The van der Waals surface area contributed by atoms with Gasteiger partial charge in [0.25, 0.3) is 0 Å². The van der Waals surface area contributed by atoms with Gasteiger partial charge in [-0.1, -0.05) is 29.4 Å². The van der Waals surface area contributed by atoms with Crippen LogP contribution < -0.4 is 10.6 Å². The molecule has 2 heterocycles. The summed E-state index contributed by atoms with van der Waals surface area (Å²) >= 11 is 0. The minimum atomic E-state index is 0.0809. The summed E-state index contributed by atoms with van der Waals surface area (Å²) in [7, 11) is 0. The Balaban J connectivity index is 1.77. The first kappa shape index (κ1) is 13.4. The van der Waals surface area contributed by atoms with E-state index in [4.69, 9.17) is 10.9 Å². The van der Waals surface area contributed by atoms with E-state index >= 15 is 0 Å². The smallest absolute Gasteiger partial charge is 0.171 e. The lowest BCUT2D eigenvalue weighted by atomic mass is 10.0. The molecule has 5 heteroatoms. The lowest BCUT2D eigenvalue weighted by molar-refractivity contribution is 0.318. The van der Waals surface area contributed by atoms with Crippen molar-refractivity contribution in [2.75, 3.05) is 18.0 Å². The van der Waals surface area contributed by atoms with E-state index in [1.807, 2.05) is 12.1 Å². The molecule has 0 fully saturated rings. The molecular formula is C16H18N4O. The van der Waals surface area contributed by atoms with E-state index in [-0.39, 0.29) is 5.84 Å². The van der Waals surface area contributed by atoms with Crippen LogP contribution in [-0.2, 0) is 12.8 Å². The van der Waals surface area contributed by atoms with Crippen molar-refractivity contribution in [3.8, 4) is 0 Å². The molecule has 0 saturated carbocycles. The maximum absolute atomic E-state index is 8.67. The van der Waals surface area contributed by atoms with Crippen molar-refractivity contribution in [2.24, 2.45) is 10.9 Å². The van der Waals surface area contributed by atoms with Crippen molar-refractivity contribution in [3.05, 3.63) is 59.3 Å². The first-order valence-electron chi connectivity index (χ1n) is 7.03. The molecule has 1 aromatic heterocycles. The summed E-state index contributed by atoms with van der Waals surface area (Å²) < 4.78 is 0. The predicted octanol–water partition coefficient (Wildman–Crippen LogP) is 1.78. The molecule has 21 heavy (non-hydrogen) atoms. The summed E-state index contributed by atoms with van der Waals surface area (Å²) in [5, 5.41) is 11.7. The number of nitrogens with zero attached hydrogens (tertiary/aromatic N) is 3. The molecule has 1 aliphatic heterocycles. The molecule has 1 aliphatic rings. The third kappa shape index (κ3) is 2.81. The number of nitrogens with two attached hydrogens (primary N) is 1. The highest BCUT2D eigenvalue weighted by atomic mass is 16.4. The van der Waals surface area contributed by atoms with E-state index in [9.17, 15) is 0 Å². The molecule has 0 radical (unpaired) electrons. The van der Waals surface area contributed by atoms with Gasteiger partial charge in [-0.25, -0.2) is 4.98 Å². The van der Waals surface area contributed by atoms with Crippen molar-refractivity contribution < 1.29 is 5.21 Å². The zero-order valence-electron chi connectivity index (χ0n) is 11.7. The zero-order valence-corrected chi connectivity index (χ0v) is 11.7. The van der Waals surface area contributed by atoms with Crippen LogP contribution in [0.3, 0.4) is 0 Å². The molecule has 0 amide bonds. The number of fused-ring (bicyclic) bond motifs is 1. The van der Waals surface area contributed by atoms with Crippen LogP contribution in [0.4, 0.5) is 5.82 Å². The second-order valence-corrected chi connectivity index (χ2v) is 5.15. The average molecular weight is 282 g/mol. The van der Waals surface area contributed by atoms with Gasteiger partial charge < -0.3 is 15.8 Å². The SMILES string of the molecule is NC(=NO)c1ccc(N2CCc3ccccc3CC2)nc1. The van der Waals surface area contributed by atoms with Crippen LogP contribution in [0.1, 0.15) is 16.7 Å². The molecular weight excluding hydrogens is 264 g/mol. The number of anilines is 1. The fraction of sp³-hybridized carbons (Fsp3) is 0.250. The van der Waals surface area contributed by atoms with Crippen LogP contribution in [0.15, 0.2) is 47.8 Å². The summed E-state index contributed by atoms with van der Waals surface area (Å²) in [5.41, 5.74) is 9.02. The Hall–Kier alpha value is -2.56. The molecule has 0 bridgehead atoms. The van der Waals surface area contributed by atoms with Gasteiger partial charge in [0.05, 0.1) is 0 Å². The lowest BCUT2D eigenvalue weighted by Crippen LogP contribution is -2.27. The standard InChI is InChI=1S/C16H18N4O/c17-16(19-21)14-5-6-15(18-11-14)20-9-7-12-3-1-2-4-13(12)8-10-20/h1-6,11,21H,7-10H2,(H2,17,19). The van der Waals surface area contributed by atoms with Gasteiger partial charge in [0.1, 0.15) is 5.82 Å². The molecule has 3 N–H and O–H groups in total. The second kappa shape index (κ2) is 5.83. The normalized spacial score (nSPS) is 15.4. The van der Waals surface area contributed by atoms with Gasteiger partial charge in [0, 0.05) is 24.8 Å². The van der Waals surface area contributed by atoms with Crippen LogP contribution in [0, 0.1) is 0 Å². The van der Waals surface area contributed by atoms with Gasteiger partial charge in [-0.05, 0) is 36.1 Å². The highest BCUT2D eigenvalue weighted by Gasteiger charge is 2.14. The molecule has 5 nitrogen and oxygen atoms in total. The number of amidine groups is 1. The summed E-state index contributed by atoms with van der Waals surface area (Å²) in [6.07, 6.45) is 3.70. The molecule has 2 aromatic rings. The highest BCUT2D eigenvalue weighted by Crippen LogP contribution is 2.19. The van der Waals surface area contributed by atoms with Crippen LogP contribution in [0.2, 0.25) is 0 Å². The molecule has 0 aliphatic carbocycles. The van der Waals surface area contributed by atoms with Gasteiger partial charge in [-0.15, -0.1) is 0 Å². The molecule has 0 saturated heterocycles. The Kier molecular flexibility index (Phi) is 3.73. The summed E-state index contributed by atoms with van der Waals surface area (Å²) in [4.78, 5) is 6.70. The van der Waals surface area contributed by atoms with E-state index in [0.717, 1.165) is 31.7 Å². The fourth-order valence-corrected chi connectivity index (χ4v) is 2.68. The van der Waals surface area contributed by atoms with Crippen LogP contribution in [-0.4, -0.2) is 29.1 Å². The molecule has 0 spiro atoms. The minimum absolute atomic E-state index is 0.0809. The van der Waals surface area contributed by atoms with E-state index < -0.39 is 0 Å². The summed E-state index contributed by atoms with van der Waals surface area (Å²) in [6.45, 7) is 1.90. The summed E-state index contributed by atoms with van der Waals surface area (Å²) in [5.74, 6) is 1.01. The van der Waals surface area contributed by atoms with Crippen molar-refractivity contribution in [3.63, 3.8) is 0 Å². The Morgan fingerprint density at radius 2 is 1.76 bits per heavy atom. The number of benzene rings is 1. The second-order valence-electron chi connectivity index (χ2n) is 5.15. The number of pyridine rings is 1. The largest absolute Gasteiger partial charge is 0.409 e. The van der Waals surface area contributed by atoms with Crippen molar-refractivity contribution in [1.82, 2.24) is 4.98 Å². The third-order valence-electron chi connectivity index (χ3n) is 3.90. The molecule has 0 atom stereocenters. The number of oxime groups is 1. The number of hydrogen-bond donors (Lipinski definition) is 2. The number of aromatic nitrogens is 1. The fourth-order valence-electron chi connectivity index (χ4n) is 2.68. The topological polar surface area (TPSA) is 74.7 Å². The number of rotatable bonds is 2. The molecule has 108 valence electrons. The van der Waals surface area contributed by atoms with Crippen LogP contribution >= 0.6 is 0 Å². The minimum Gasteiger partial charge on any atom is -0.409 e. The van der Waals surface area contributed by atoms with Crippen molar-refractivity contribution in [2.45, 2.75) is 12.8 Å². The maximum atomic E-state index is 8.67. The van der Waals surface area contributed by atoms with E-state index in [0.29, 0.717) is 5.56 Å². The Morgan fingerprint density at radius 1 is 1.10 bits per heavy atom. The quantitative estimate of drug-likeness (QED) is 0.381. The van der Waals surface area contributed by atoms with Gasteiger partial charge in [0.15, 0.2) is 5.84 Å². The Bertz CT molecular complexity index is 625. The van der Waals surface area contributed by atoms with Crippen molar-refractivity contribution >= 4 is 11.7 Å². The van der Waals surface area contributed by atoms with Crippen LogP contribution in [0.5, 0.6) is 0 Å². The average Bonchev–Trinajstić information content (AvgIpc) is 2.77. The van der Waals surface area contributed by atoms with E-state index in [1.165, 1.54) is 11.1 Å². The van der Waals surface area contributed by atoms with E-state index in [1.54, 1.807) is 6.20 Å². The van der Waals surface area contributed by atoms with Crippen LogP contribution in [0.25, 0.3) is 0 Å². The van der Waals surface area contributed by atoms with Gasteiger partial charge >= 0.3 is 0 Å². The monoisotopic (exact) mass is 282 g/mol. The molecule has 3 rings (SSSR count). The highest BCUT2D eigenvalue weighted by molar-refractivity contribution is 5.96. The van der Waals surface area contributed by atoms with E-state index in [2.05, 4.69) is 39.3 Å². The lowest BCUT2D eigenvalue weighted by Gasteiger charge is -2.21. The Morgan fingerprint density at radius 3 is 2.29 bits per heavy atom. The van der Waals surface area contributed by atoms with Gasteiger partial charge in [-0.2, -0.15) is 0 Å². The first-order chi connectivity index (χ1) is 10.3. The summed E-state index contributed by atoms with van der Waals surface area (Å²) in [6, 6.07) is 12.3. The number of hydrogen-bond acceptors (Lipinski definition) is 4. The maximum Gasteiger partial charge on any atom is 0.171 e. The zero-order chi connectivity index (χ0) is 14.7.